The van der Waals surface area contributed by atoms with E-state index in [0.29, 0.717) is 16.4 Å². The second-order valence-electron chi connectivity index (χ2n) is 8.25. The summed E-state index contributed by atoms with van der Waals surface area (Å²) < 4.78 is 1.97. The van der Waals surface area contributed by atoms with Gasteiger partial charge < -0.3 is 10.6 Å². The van der Waals surface area contributed by atoms with Crippen LogP contribution >= 0.6 is 11.3 Å². The molecule has 0 aliphatic rings. The van der Waals surface area contributed by atoms with Crippen LogP contribution < -0.4 is 10.6 Å². The minimum absolute atomic E-state index is 0.0609. The molecule has 6 nitrogen and oxygen atoms in total. The standard InChI is InChI=1S/C20H30N4O2S/c1-12(11-24-15(4)9-14(3)23-24)10-21-18(25)17-13(2)8-16(27-17)22-19(26)20(5,6)7/h8-9,12H,10-11H2,1-7H3,(H,21,25)(H,22,26)/t12-/m0/s1. The fraction of sp³-hybridized carbons (Fsp3) is 0.550. The number of nitrogens with one attached hydrogen (secondary N) is 2. The Labute approximate surface area is 165 Å². The molecule has 2 N–H and O–H groups in total. The number of anilines is 1. The summed E-state index contributed by atoms with van der Waals surface area (Å²) in [5.74, 6) is 0.0930. The molecule has 0 spiro atoms. The minimum atomic E-state index is -0.473. The molecule has 148 valence electrons. The Morgan fingerprint density at radius 2 is 1.89 bits per heavy atom. The van der Waals surface area contributed by atoms with Crippen LogP contribution in [0.3, 0.4) is 0 Å². The molecule has 2 rings (SSSR count). The van der Waals surface area contributed by atoms with Crippen molar-refractivity contribution in [3.63, 3.8) is 0 Å². The van der Waals surface area contributed by atoms with Gasteiger partial charge in [-0.25, -0.2) is 0 Å². The first-order valence-electron chi connectivity index (χ1n) is 9.18. The van der Waals surface area contributed by atoms with Crippen LogP contribution in [0.2, 0.25) is 0 Å². The van der Waals surface area contributed by atoms with Gasteiger partial charge in [-0.15, -0.1) is 11.3 Å². The third-order valence-electron chi connectivity index (χ3n) is 4.24. The molecule has 27 heavy (non-hydrogen) atoms. The maximum atomic E-state index is 12.6. The molecule has 0 bridgehead atoms. The number of amides is 2. The molecule has 7 heteroatoms. The molecular weight excluding hydrogens is 360 g/mol. The maximum Gasteiger partial charge on any atom is 0.261 e. The summed E-state index contributed by atoms with van der Waals surface area (Å²) >= 11 is 1.31. The van der Waals surface area contributed by atoms with Crippen molar-refractivity contribution in [2.45, 2.75) is 55.0 Å². The molecule has 0 aliphatic heterocycles. The van der Waals surface area contributed by atoms with Gasteiger partial charge in [-0.05, 0) is 44.4 Å². The molecule has 0 fully saturated rings. The normalized spacial score (nSPS) is 12.7. The highest BCUT2D eigenvalue weighted by atomic mass is 32.1. The van der Waals surface area contributed by atoms with E-state index in [2.05, 4.69) is 22.7 Å². The van der Waals surface area contributed by atoms with E-state index in [1.807, 2.05) is 58.4 Å². The van der Waals surface area contributed by atoms with Gasteiger partial charge in [0.25, 0.3) is 5.91 Å². The monoisotopic (exact) mass is 390 g/mol. The van der Waals surface area contributed by atoms with Crippen LogP contribution in [0.25, 0.3) is 0 Å². The van der Waals surface area contributed by atoms with Crippen molar-refractivity contribution in [1.82, 2.24) is 15.1 Å². The molecule has 0 unspecified atom stereocenters. The van der Waals surface area contributed by atoms with Gasteiger partial charge >= 0.3 is 0 Å². The third kappa shape index (κ3) is 5.66. The fourth-order valence-electron chi connectivity index (χ4n) is 2.64. The Balaban J connectivity index is 1.94. The average molecular weight is 391 g/mol. The number of rotatable bonds is 6. The number of aryl methyl sites for hydroxylation is 3. The van der Waals surface area contributed by atoms with Crippen LogP contribution in [-0.4, -0.2) is 28.1 Å². The van der Waals surface area contributed by atoms with E-state index in [1.54, 1.807) is 0 Å². The van der Waals surface area contributed by atoms with Crippen molar-refractivity contribution in [3.8, 4) is 0 Å². The molecule has 0 saturated heterocycles. The molecule has 0 aliphatic carbocycles. The molecule has 0 saturated carbocycles. The lowest BCUT2D eigenvalue weighted by atomic mass is 9.96. The number of nitrogens with zero attached hydrogens (tertiary/aromatic N) is 2. The van der Waals surface area contributed by atoms with Gasteiger partial charge in [0.1, 0.15) is 0 Å². The summed E-state index contributed by atoms with van der Waals surface area (Å²) in [7, 11) is 0. The average Bonchev–Trinajstić information content (AvgIpc) is 3.06. The molecular formula is C20H30N4O2S. The molecule has 2 amide bonds. The van der Waals surface area contributed by atoms with Crippen LogP contribution in [0.15, 0.2) is 12.1 Å². The van der Waals surface area contributed by atoms with Crippen LogP contribution in [0.4, 0.5) is 5.00 Å². The van der Waals surface area contributed by atoms with E-state index in [-0.39, 0.29) is 17.7 Å². The SMILES string of the molecule is Cc1cc(C)n(C[C@@H](C)CNC(=O)c2sc(NC(=O)C(C)(C)C)cc2C)n1. The third-order valence-corrected chi connectivity index (χ3v) is 5.39. The van der Waals surface area contributed by atoms with E-state index >= 15 is 0 Å². The van der Waals surface area contributed by atoms with Crippen molar-refractivity contribution in [1.29, 1.82) is 0 Å². The molecule has 2 heterocycles. The van der Waals surface area contributed by atoms with Gasteiger partial charge in [0.2, 0.25) is 5.91 Å². The topological polar surface area (TPSA) is 76.0 Å². The number of hydrogen-bond acceptors (Lipinski definition) is 4. The predicted octanol–water partition coefficient (Wildman–Crippen LogP) is 3.92. The van der Waals surface area contributed by atoms with Gasteiger partial charge in [-0.1, -0.05) is 27.7 Å². The molecule has 0 radical (unpaired) electrons. The summed E-state index contributed by atoms with van der Waals surface area (Å²) in [4.78, 5) is 25.3. The fourth-order valence-corrected chi connectivity index (χ4v) is 3.62. The van der Waals surface area contributed by atoms with E-state index < -0.39 is 5.41 Å². The van der Waals surface area contributed by atoms with Crippen molar-refractivity contribution < 1.29 is 9.59 Å². The predicted molar refractivity (Wildman–Crippen MR) is 110 cm³/mol. The summed E-state index contributed by atoms with van der Waals surface area (Å²) in [6.45, 7) is 14.9. The minimum Gasteiger partial charge on any atom is -0.351 e. The van der Waals surface area contributed by atoms with Crippen molar-refractivity contribution >= 4 is 28.2 Å². The highest BCUT2D eigenvalue weighted by Crippen LogP contribution is 2.28. The van der Waals surface area contributed by atoms with Crippen LogP contribution in [-0.2, 0) is 11.3 Å². The molecule has 1 atom stereocenters. The first-order valence-corrected chi connectivity index (χ1v) is 10.00. The maximum absolute atomic E-state index is 12.6. The summed E-state index contributed by atoms with van der Waals surface area (Å²) in [6.07, 6.45) is 0. The number of thiophene rings is 1. The number of carbonyl (C=O) groups is 2. The molecule has 0 aromatic carbocycles. The van der Waals surface area contributed by atoms with Gasteiger partial charge in [0.05, 0.1) is 15.6 Å². The van der Waals surface area contributed by atoms with Crippen LogP contribution in [0, 0.1) is 32.1 Å². The van der Waals surface area contributed by atoms with Gasteiger partial charge in [-0.2, -0.15) is 5.10 Å². The lowest BCUT2D eigenvalue weighted by Gasteiger charge is -2.16. The zero-order valence-corrected chi connectivity index (χ0v) is 18.1. The van der Waals surface area contributed by atoms with Crippen LogP contribution in [0.5, 0.6) is 0 Å². The van der Waals surface area contributed by atoms with Gasteiger partial charge in [0.15, 0.2) is 0 Å². The highest BCUT2D eigenvalue weighted by molar-refractivity contribution is 7.18. The first-order chi connectivity index (χ1) is 12.5. The smallest absolute Gasteiger partial charge is 0.261 e. The van der Waals surface area contributed by atoms with Crippen molar-refractivity contribution in [2.24, 2.45) is 11.3 Å². The number of aromatic nitrogens is 2. The Morgan fingerprint density at radius 3 is 2.44 bits per heavy atom. The molecule has 2 aromatic heterocycles. The Hall–Kier alpha value is -2.15. The van der Waals surface area contributed by atoms with Gasteiger partial charge in [0, 0.05) is 24.2 Å². The van der Waals surface area contributed by atoms with E-state index in [1.165, 1.54) is 11.3 Å². The zero-order valence-electron chi connectivity index (χ0n) is 17.3. The first kappa shape index (κ1) is 21.2. The Kier molecular flexibility index (Phi) is 6.46. The Bertz CT molecular complexity index is 830. The second-order valence-corrected chi connectivity index (χ2v) is 9.30. The van der Waals surface area contributed by atoms with Crippen LogP contribution in [0.1, 0.15) is 54.3 Å². The number of carbonyl (C=O) groups excluding carboxylic acids is 2. The summed E-state index contributed by atoms with van der Waals surface area (Å²) in [5, 5.41) is 11.1. The molecule has 2 aromatic rings. The second kappa shape index (κ2) is 8.25. The zero-order chi connectivity index (χ0) is 20.4. The van der Waals surface area contributed by atoms with Crippen molar-refractivity contribution in [3.05, 3.63) is 34.0 Å². The van der Waals surface area contributed by atoms with Gasteiger partial charge in [-0.3, -0.25) is 14.3 Å². The van der Waals surface area contributed by atoms with Crippen molar-refractivity contribution in [2.75, 3.05) is 11.9 Å². The highest BCUT2D eigenvalue weighted by Gasteiger charge is 2.23. The lowest BCUT2D eigenvalue weighted by molar-refractivity contribution is -0.123. The van der Waals surface area contributed by atoms with E-state index in [0.717, 1.165) is 23.5 Å². The lowest BCUT2D eigenvalue weighted by Crippen LogP contribution is -2.30. The van der Waals surface area contributed by atoms with E-state index in [4.69, 9.17) is 0 Å². The largest absolute Gasteiger partial charge is 0.351 e. The summed E-state index contributed by atoms with van der Waals surface area (Å²) in [6, 6.07) is 3.90. The quantitative estimate of drug-likeness (QED) is 0.785. The summed E-state index contributed by atoms with van der Waals surface area (Å²) in [5.41, 5.74) is 2.52. The Morgan fingerprint density at radius 1 is 1.22 bits per heavy atom. The number of hydrogen-bond donors (Lipinski definition) is 2. The van der Waals surface area contributed by atoms with E-state index in [9.17, 15) is 9.59 Å².